The lowest BCUT2D eigenvalue weighted by Crippen LogP contribution is -2.38. The van der Waals surface area contributed by atoms with Gasteiger partial charge in [-0.3, -0.25) is 4.90 Å². The van der Waals surface area contributed by atoms with E-state index in [-0.39, 0.29) is 0 Å². The molecule has 0 heterocycles. The Labute approximate surface area is 76.1 Å². The number of rotatable bonds is 6. The summed E-state index contributed by atoms with van der Waals surface area (Å²) in [6.07, 6.45) is 5.77. The van der Waals surface area contributed by atoms with E-state index in [1.54, 1.807) is 0 Å². The van der Waals surface area contributed by atoms with E-state index < -0.39 is 0 Å². The van der Waals surface area contributed by atoms with E-state index >= 15 is 0 Å². The summed E-state index contributed by atoms with van der Waals surface area (Å²) in [6.45, 7) is 16.4. The molecular formula is C11H19N. The van der Waals surface area contributed by atoms with Crippen molar-refractivity contribution in [1.29, 1.82) is 0 Å². The topological polar surface area (TPSA) is 3.24 Å². The average molecular weight is 165 g/mol. The minimum Gasteiger partial charge on any atom is -0.287 e. The Bertz CT molecular complexity index is 146. The molecule has 0 aliphatic rings. The molecule has 1 nitrogen and oxygen atoms in total. The van der Waals surface area contributed by atoms with Crippen LogP contribution in [0.5, 0.6) is 0 Å². The molecule has 0 saturated carbocycles. The zero-order chi connectivity index (χ0) is 9.56. The van der Waals surface area contributed by atoms with Crippen molar-refractivity contribution >= 4 is 0 Å². The van der Waals surface area contributed by atoms with Crippen molar-refractivity contribution in [3.05, 3.63) is 38.0 Å². The molecule has 0 bridgehead atoms. The van der Waals surface area contributed by atoms with E-state index in [1.807, 2.05) is 18.2 Å². The van der Waals surface area contributed by atoms with Gasteiger partial charge in [-0.05, 0) is 13.8 Å². The molecule has 0 saturated heterocycles. The van der Waals surface area contributed by atoms with Gasteiger partial charge in [0.25, 0.3) is 0 Å². The summed E-state index contributed by atoms with van der Waals surface area (Å²) >= 11 is 0. The summed E-state index contributed by atoms with van der Waals surface area (Å²) in [5.41, 5.74) is 0. The van der Waals surface area contributed by atoms with Crippen molar-refractivity contribution < 1.29 is 0 Å². The van der Waals surface area contributed by atoms with E-state index in [0.29, 0.717) is 12.1 Å². The summed E-state index contributed by atoms with van der Waals surface area (Å²) < 4.78 is 0. The van der Waals surface area contributed by atoms with Crippen molar-refractivity contribution in [2.45, 2.75) is 25.9 Å². The standard InChI is InChI=1S/C11H19N/c1-6-9-12(10(4)7-2)11(5)8-3/h6-8,10-11H,1-3,9H2,4-5H3. The lowest BCUT2D eigenvalue weighted by atomic mass is 10.2. The molecule has 0 rings (SSSR count). The predicted octanol–water partition coefficient (Wildman–Crippen LogP) is 2.62. The van der Waals surface area contributed by atoms with Gasteiger partial charge in [0.15, 0.2) is 0 Å². The van der Waals surface area contributed by atoms with Crippen LogP contribution in [0.25, 0.3) is 0 Å². The fourth-order valence-corrected chi connectivity index (χ4v) is 1.12. The fraction of sp³-hybridized carbons (Fsp3) is 0.455. The molecule has 0 radical (unpaired) electrons. The number of hydrogen-bond donors (Lipinski definition) is 0. The Morgan fingerprint density at radius 1 is 1.08 bits per heavy atom. The summed E-state index contributed by atoms with van der Waals surface area (Å²) in [7, 11) is 0. The summed E-state index contributed by atoms with van der Waals surface area (Å²) in [5.74, 6) is 0. The second kappa shape index (κ2) is 5.78. The molecule has 0 aromatic carbocycles. The van der Waals surface area contributed by atoms with Crippen LogP contribution in [0.4, 0.5) is 0 Å². The largest absolute Gasteiger partial charge is 0.287 e. The Morgan fingerprint density at radius 3 is 1.75 bits per heavy atom. The van der Waals surface area contributed by atoms with Crippen molar-refractivity contribution in [2.75, 3.05) is 6.54 Å². The van der Waals surface area contributed by atoms with E-state index in [0.717, 1.165) is 6.54 Å². The molecule has 2 atom stereocenters. The van der Waals surface area contributed by atoms with Gasteiger partial charge >= 0.3 is 0 Å². The van der Waals surface area contributed by atoms with Gasteiger partial charge in [0.05, 0.1) is 0 Å². The molecule has 68 valence electrons. The lowest BCUT2D eigenvalue weighted by Gasteiger charge is -2.29. The van der Waals surface area contributed by atoms with E-state index in [9.17, 15) is 0 Å². The third-order valence-corrected chi connectivity index (χ3v) is 2.07. The molecule has 12 heavy (non-hydrogen) atoms. The molecule has 0 N–H and O–H groups in total. The maximum atomic E-state index is 3.77. The van der Waals surface area contributed by atoms with Gasteiger partial charge < -0.3 is 0 Å². The van der Waals surface area contributed by atoms with Crippen LogP contribution in [0.2, 0.25) is 0 Å². The first kappa shape index (κ1) is 11.2. The molecule has 0 amide bonds. The second-order valence-corrected chi connectivity index (χ2v) is 2.94. The quantitative estimate of drug-likeness (QED) is 0.547. The van der Waals surface area contributed by atoms with Crippen LogP contribution < -0.4 is 0 Å². The lowest BCUT2D eigenvalue weighted by molar-refractivity contribution is 0.234. The maximum absolute atomic E-state index is 3.77. The summed E-state index contributed by atoms with van der Waals surface area (Å²) in [6, 6.07) is 0.743. The Morgan fingerprint density at radius 2 is 1.50 bits per heavy atom. The summed E-state index contributed by atoms with van der Waals surface area (Å²) in [5, 5.41) is 0. The average Bonchev–Trinajstić information content (AvgIpc) is 2.11. The highest BCUT2D eigenvalue weighted by molar-refractivity contribution is 4.95. The first-order valence-electron chi connectivity index (χ1n) is 4.29. The van der Waals surface area contributed by atoms with Gasteiger partial charge in [-0.2, -0.15) is 0 Å². The van der Waals surface area contributed by atoms with Gasteiger partial charge in [-0.1, -0.05) is 18.2 Å². The van der Waals surface area contributed by atoms with Crippen LogP contribution in [0.3, 0.4) is 0 Å². The van der Waals surface area contributed by atoms with Gasteiger partial charge in [0, 0.05) is 18.6 Å². The molecule has 0 aliphatic heterocycles. The molecule has 1 heteroatoms. The number of nitrogens with zero attached hydrogens (tertiary/aromatic N) is 1. The van der Waals surface area contributed by atoms with Crippen LogP contribution >= 0.6 is 0 Å². The van der Waals surface area contributed by atoms with Crippen molar-refractivity contribution in [3.8, 4) is 0 Å². The van der Waals surface area contributed by atoms with E-state index in [2.05, 4.69) is 38.5 Å². The Kier molecular flexibility index (Phi) is 5.39. The van der Waals surface area contributed by atoms with Crippen molar-refractivity contribution in [1.82, 2.24) is 4.90 Å². The molecule has 0 aromatic heterocycles. The Hall–Kier alpha value is -0.820. The van der Waals surface area contributed by atoms with Gasteiger partial charge in [-0.25, -0.2) is 0 Å². The third kappa shape index (κ3) is 3.05. The van der Waals surface area contributed by atoms with Gasteiger partial charge in [0.2, 0.25) is 0 Å². The maximum Gasteiger partial charge on any atom is 0.0256 e. The van der Waals surface area contributed by atoms with E-state index in [1.165, 1.54) is 0 Å². The van der Waals surface area contributed by atoms with Gasteiger partial charge in [0.1, 0.15) is 0 Å². The van der Waals surface area contributed by atoms with Crippen molar-refractivity contribution in [3.63, 3.8) is 0 Å². The highest BCUT2D eigenvalue weighted by atomic mass is 15.2. The van der Waals surface area contributed by atoms with Crippen molar-refractivity contribution in [2.24, 2.45) is 0 Å². The molecule has 0 aromatic rings. The SMILES string of the molecule is C=CCN(C(C)C=C)C(C)C=C. The molecule has 0 spiro atoms. The Balaban J connectivity index is 4.28. The van der Waals surface area contributed by atoms with Crippen LogP contribution in [0.1, 0.15) is 13.8 Å². The van der Waals surface area contributed by atoms with Crippen LogP contribution in [0.15, 0.2) is 38.0 Å². The predicted molar refractivity (Wildman–Crippen MR) is 56.2 cm³/mol. The van der Waals surface area contributed by atoms with Gasteiger partial charge in [-0.15, -0.1) is 19.7 Å². The van der Waals surface area contributed by atoms with Crippen LogP contribution in [-0.4, -0.2) is 23.5 Å². The molecular weight excluding hydrogens is 146 g/mol. The zero-order valence-electron chi connectivity index (χ0n) is 8.16. The highest BCUT2D eigenvalue weighted by Gasteiger charge is 2.12. The second-order valence-electron chi connectivity index (χ2n) is 2.94. The van der Waals surface area contributed by atoms with Crippen LogP contribution in [-0.2, 0) is 0 Å². The first-order valence-corrected chi connectivity index (χ1v) is 4.29. The normalized spacial score (nSPS) is 15.2. The smallest absolute Gasteiger partial charge is 0.0256 e. The molecule has 2 unspecified atom stereocenters. The molecule has 0 aliphatic carbocycles. The van der Waals surface area contributed by atoms with E-state index in [4.69, 9.17) is 0 Å². The third-order valence-electron chi connectivity index (χ3n) is 2.07. The first-order chi connectivity index (χ1) is 5.67. The summed E-state index contributed by atoms with van der Waals surface area (Å²) in [4.78, 5) is 2.27. The monoisotopic (exact) mass is 165 g/mol. The fourth-order valence-electron chi connectivity index (χ4n) is 1.12. The number of hydrogen-bond acceptors (Lipinski definition) is 1. The minimum atomic E-state index is 0.371. The highest BCUT2D eigenvalue weighted by Crippen LogP contribution is 2.06. The zero-order valence-corrected chi connectivity index (χ0v) is 8.16. The molecule has 0 fully saturated rings. The minimum absolute atomic E-state index is 0.371. The van der Waals surface area contributed by atoms with Crippen LogP contribution in [0, 0.1) is 0 Å².